The van der Waals surface area contributed by atoms with E-state index >= 15 is 0 Å². The summed E-state index contributed by atoms with van der Waals surface area (Å²) in [6.07, 6.45) is 6.59. The first-order chi connectivity index (χ1) is 10.1. The van der Waals surface area contributed by atoms with Gasteiger partial charge in [-0.05, 0) is 42.9 Å². The Labute approximate surface area is 130 Å². The fraction of sp³-hybridized carbons (Fsp3) is 0.722. The second-order valence-electron chi connectivity index (χ2n) is 6.75. The molecular formula is C18H31N3. The summed E-state index contributed by atoms with van der Waals surface area (Å²) in [6.45, 7) is 8.64. The maximum Gasteiger partial charge on any atom is 0.128 e. The molecule has 1 aliphatic rings. The third-order valence-electron chi connectivity index (χ3n) is 4.40. The molecule has 21 heavy (non-hydrogen) atoms. The van der Waals surface area contributed by atoms with Crippen LogP contribution in [-0.4, -0.2) is 24.6 Å². The summed E-state index contributed by atoms with van der Waals surface area (Å²) in [5.41, 5.74) is 2.55. The van der Waals surface area contributed by atoms with E-state index in [0.29, 0.717) is 6.04 Å². The first-order valence-electron chi connectivity index (χ1n) is 8.52. The van der Waals surface area contributed by atoms with Crippen molar-refractivity contribution in [2.45, 2.75) is 65.5 Å². The first-order valence-corrected chi connectivity index (χ1v) is 8.52. The predicted molar refractivity (Wildman–Crippen MR) is 90.8 cm³/mol. The molecule has 0 amide bonds. The second kappa shape index (κ2) is 7.79. The highest BCUT2D eigenvalue weighted by Crippen LogP contribution is 2.26. The fourth-order valence-corrected chi connectivity index (χ4v) is 3.11. The maximum atomic E-state index is 4.82. The molecule has 118 valence electrons. The lowest BCUT2D eigenvalue weighted by atomic mass is 10.1. The van der Waals surface area contributed by atoms with Gasteiger partial charge < -0.3 is 10.2 Å². The van der Waals surface area contributed by atoms with E-state index in [4.69, 9.17) is 4.98 Å². The summed E-state index contributed by atoms with van der Waals surface area (Å²) in [6, 6.07) is 5.01. The Morgan fingerprint density at radius 2 is 2.00 bits per heavy atom. The van der Waals surface area contributed by atoms with E-state index in [1.807, 2.05) is 0 Å². The van der Waals surface area contributed by atoms with Crippen LogP contribution >= 0.6 is 0 Å². The number of aryl methyl sites for hydroxylation is 1. The normalized spacial score (nSPS) is 15.9. The number of nitrogens with zero attached hydrogens (tertiary/aromatic N) is 2. The zero-order chi connectivity index (χ0) is 15.2. The van der Waals surface area contributed by atoms with Crippen LogP contribution in [-0.2, 0) is 13.0 Å². The standard InChI is InChI=1S/C18H31N3/c1-5-17-10-16(12-19-14(2)3)11-18(20-17)21(4)13-15-8-6-7-9-15/h10-11,14-15,19H,5-9,12-13H2,1-4H3. The van der Waals surface area contributed by atoms with Crippen molar-refractivity contribution >= 4 is 5.82 Å². The zero-order valence-electron chi connectivity index (χ0n) is 14.2. The molecule has 2 rings (SSSR count). The van der Waals surface area contributed by atoms with Crippen LogP contribution in [0, 0.1) is 5.92 Å². The highest BCUT2D eigenvalue weighted by atomic mass is 15.2. The molecule has 0 aromatic carbocycles. The van der Waals surface area contributed by atoms with Crippen LogP contribution in [0.2, 0.25) is 0 Å². The topological polar surface area (TPSA) is 28.2 Å². The number of rotatable bonds is 7. The van der Waals surface area contributed by atoms with Crippen molar-refractivity contribution < 1.29 is 0 Å². The molecule has 1 aromatic heterocycles. The summed E-state index contributed by atoms with van der Waals surface area (Å²) in [5, 5.41) is 3.51. The van der Waals surface area contributed by atoms with Crippen molar-refractivity contribution in [3.8, 4) is 0 Å². The number of anilines is 1. The molecule has 0 aliphatic heterocycles. The molecule has 1 heterocycles. The monoisotopic (exact) mass is 289 g/mol. The molecule has 3 nitrogen and oxygen atoms in total. The van der Waals surface area contributed by atoms with Crippen LogP contribution in [0.25, 0.3) is 0 Å². The quantitative estimate of drug-likeness (QED) is 0.828. The van der Waals surface area contributed by atoms with Crippen molar-refractivity contribution in [1.29, 1.82) is 0 Å². The van der Waals surface area contributed by atoms with Gasteiger partial charge in [-0.25, -0.2) is 4.98 Å². The minimum absolute atomic E-state index is 0.517. The van der Waals surface area contributed by atoms with E-state index in [9.17, 15) is 0 Å². The van der Waals surface area contributed by atoms with Gasteiger partial charge in [0.2, 0.25) is 0 Å². The molecule has 0 atom stereocenters. The molecule has 0 spiro atoms. The maximum absolute atomic E-state index is 4.82. The van der Waals surface area contributed by atoms with Gasteiger partial charge >= 0.3 is 0 Å². The Kier molecular flexibility index (Phi) is 6.04. The summed E-state index contributed by atoms with van der Waals surface area (Å²) in [5.74, 6) is 2.00. The van der Waals surface area contributed by atoms with Gasteiger partial charge in [0.05, 0.1) is 0 Å². The van der Waals surface area contributed by atoms with Crippen LogP contribution < -0.4 is 10.2 Å². The molecule has 1 aliphatic carbocycles. The Morgan fingerprint density at radius 1 is 1.29 bits per heavy atom. The largest absolute Gasteiger partial charge is 0.359 e. The molecule has 1 fully saturated rings. The predicted octanol–water partition coefficient (Wildman–Crippen LogP) is 3.77. The highest BCUT2D eigenvalue weighted by molar-refractivity contribution is 5.42. The lowest BCUT2D eigenvalue weighted by molar-refractivity contribution is 0.544. The van der Waals surface area contributed by atoms with Gasteiger partial charge in [0.25, 0.3) is 0 Å². The van der Waals surface area contributed by atoms with E-state index in [2.05, 4.69) is 50.2 Å². The Morgan fingerprint density at radius 3 is 2.62 bits per heavy atom. The Hall–Kier alpha value is -1.09. The molecule has 0 saturated heterocycles. The third kappa shape index (κ3) is 4.99. The van der Waals surface area contributed by atoms with E-state index < -0.39 is 0 Å². The summed E-state index contributed by atoms with van der Waals surface area (Å²) in [4.78, 5) is 7.17. The number of hydrogen-bond acceptors (Lipinski definition) is 3. The molecule has 0 radical (unpaired) electrons. The molecule has 3 heteroatoms. The molecule has 1 saturated carbocycles. The average molecular weight is 289 g/mol. The van der Waals surface area contributed by atoms with Crippen LogP contribution in [0.15, 0.2) is 12.1 Å². The van der Waals surface area contributed by atoms with Crippen molar-refractivity contribution in [3.63, 3.8) is 0 Å². The number of hydrogen-bond donors (Lipinski definition) is 1. The summed E-state index contributed by atoms with van der Waals surface area (Å²) < 4.78 is 0. The third-order valence-corrected chi connectivity index (χ3v) is 4.40. The van der Waals surface area contributed by atoms with Gasteiger partial charge in [0.1, 0.15) is 5.82 Å². The van der Waals surface area contributed by atoms with E-state index in [0.717, 1.165) is 31.2 Å². The van der Waals surface area contributed by atoms with Gasteiger partial charge in [-0.15, -0.1) is 0 Å². The van der Waals surface area contributed by atoms with E-state index in [1.54, 1.807) is 0 Å². The van der Waals surface area contributed by atoms with Crippen molar-refractivity contribution in [2.75, 3.05) is 18.5 Å². The smallest absolute Gasteiger partial charge is 0.128 e. The highest BCUT2D eigenvalue weighted by Gasteiger charge is 2.18. The van der Waals surface area contributed by atoms with Crippen molar-refractivity contribution in [3.05, 3.63) is 23.4 Å². The van der Waals surface area contributed by atoms with Crippen molar-refractivity contribution in [1.82, 2.24) is 10.3 Å². The van der Waals surface area contributed by atoms with Crippen LogP contribution in [0.5, 0.6) is 0 Å². The van der Waals surface area contributed by atoms with Crippen LogP contribution in [0.4, 0.5) is 5.82 Å². The Balaban J connectivity index is 2.07. The average Bonchev–Trinajstić information content (AvgIpc) is 2.97. The lowest BCUT2D eigenvalue weighted by Gasteiger charge is -2.23. The van der Waals surface area contributed by atoms with Gasteiger partial charge in [-0.1, -0.05) is 33.6 Å². The lowest BCUT2D eigenvalue weighted by Crippen LogP contribution is -2.26. The van der Waals surface area contributed by atoms with Gasteiger partial charge in [0.15, 0.2) is 0 Å². The summed E-state index contributed by atoms with van der Waals surface area (Å²) >= 11 is 0. The van der Waals surface area contributed by atoms with Crippen LogP contribution in [0.1, 0.15) is 57.7 Å². The fourth-order valence-electron chi connectivity index (χ4n) is 3.11. The number of pyridine rings is 1. The second-order valence-corrected chi connectivity index (χ2v) is 6.75. The van der Waals surface area contributed by atoms with E-state index in [1.165, 1.54) is 36.9 Å². The number of aromatic nitrogens is 1. The minimum Gasteiger partial charge on any atom is -0.359 e. The molecule has 0 bridgehead atoms. The van der Waals surface area contributed by atoms with Gasteiger partial charge in [0, 0.05) is 31.9 Å². The molecule has 1 N–H and O–H groups in total. The molecule has 1 aromatic rings. The molecular weight excluding hydrogens is 258 g/mol. The van der Waals surface area contributed by atoms with Crippen LogP contribution in [0.3, 0.4) is 0 Å². The number of nitrogens with one attached hydrogen (secondary N) is 1. The first kappa shape index (κ1) is 16.3. The van der Waals surface area contributed by atoms with Gasteiger partial charge in [-0.3, -0.25) is 0 Å². The Bertz CT molecular complexity index is 436. The molecule has 0 unspecified atom stereocenters. The zero-order valence-corrected chi connectivity index (χ0v) is 14.2. The van der Waals surface area contributed by atoms with E-state index in [-0.39, 0.29) is 0 Å². The van der Waals surface area contributed by atoms with Gasteiger partial charge in [-0.2, -0.15) is 0 Å². The van der Waals surface area contributed by atoms with Crippen molar-refractivity contribution in [2.24, 2.45) is 5.92 Å². The SMILES string of the molecule is CCc1cc(CNC(C)C)cc(N(C)CC2CCCC2)n1. The summed E-state index contributed by atoms with van der Waals surface area (Å²) in [7, 11) is 2.19. The minimum atomic E-state index is 0.517.